The number of halogens is 1. The lowest BCUT2D eigenvalue weighted by molar-refractivity contribution is 0.0490. The molecule has 0 radical (unpaired) electrons. The van der Waals surface area contributed by atoms with Crippen LogP contribution in [0.2, 0.25) is 0 Å². The van der Waals surface area contributed by atoms with Gasteiger partial charge in [0.15, 0.2) is 0 Å². The van der Waals surface area contributed by atoms with Crippen LogP contribution in [0.25, 0.3) is 0 Å². The lowest BCUT2D eigenvalue weighted by Crippen LogP contribution is -2.39. The molecule has 0 amide bonds. The molecule has 1 fully saturated rings. The third-order valence-electron chi connectivity index (χ3n) is 4.20. The van der Waals surface area contributed by atoms with Crippen molar-refractivity contribution in [2.45, 2.75) is 45.4 Å². The van der Waals surface area contributed by atoms with E-state index in [9.17, 15) is 0 Å². The average Bonchev–Trinajstić information content (AvgIpc) is 2.56. The molecule has 3 heteroatoms. The van der Waals surface area contributed by atoms with E-state index in [0.29, 0.717) is 17.9 Å². The maximum absolute atomic E-state index is 6.40. The molecule has 0 spiro atoms. The first-order valence-electron chi connectivity index (χ1n) is 6.64. The molecule has 0 aromatic heterocycles. The standard InChI is InChI=1S/C15H22BrNO/c1-9-10(2)18-11(3)15(9)14(17)8-12-4-6-13(16)7-5-12/h4-7,9-11,14-15H,8,17H2,1-3H3. The summed E-state index contributed by atoms with van der Waals surface area (Å²) in [5, 5.41) is 0. The van der Waals surface area contributed by atoms with Crippen molar-refractivity contribution in [3.63, 3.8) is 0 Å². The van der Waals surface area contributed by atoms with Crippen molar-refractivity contribution >= 4 is 15.9 Å². The van der Waals surface area contributed by atoms with E-state index >= 15 is 0 Å². The molecule has 1 aromatic rings. The molecule has 0 saturated carbocycles. The molecule has 0 aliphatic carbocycles. The molecule has 100 valence electrons. The van der Waals surface area contributed by atoms with Crippen LogP contribution in [-0.4, -0.2) is 18.2 Å². The van der Waals surface area contributed by atoms with Gasteiger partial charge in [0.1, 0.15) is 0 Å². The first kappa shape index (κ1) is 14.0. The van der Waals surface area contributed by atoms with E-state index < -0.39 is 0 Å². The van der Waals surface area contributed by atoms with Gasteiger partial charge in [-0.05, 0) is 43.9 Å². The van der Waals surface area contributed by atoms with E-state index in [1.54, 1.807) is 0 Å². The molecule has 2 nitrogen and oxygen atoms in total. The van der Waals surface area contributed by atoms with Gasteiger partial charge in [-0.1, -0.05) is 35.0 Å². The Morgan fingerprint density at radius 1 is 1.17 bits per heavy atom. The van der Waals surface area contributed by atoms with Crippen LogP contribution in [0.1, 0.15) is 26.3 Å². The molecule has 0 bridgehead atoms. The highest BCUT2D eigenvalue weighted by molar-refractivity contribution is 9.10. The zero-order chi connectivity index (χ0) is 13.3. The third kappa shape index (κ3) is 2.95. The minimum Gasteiger partial charge on any atom is -0.375 e. The number of hydrogen-bond acceptors (Lipinski definition) is 2. The molecular formula is C15H22BrNO. The molecule has 5 atom stereocenters. The molecule has 18 heavy (non-hydrogen) atoms. The van der Waals surface area contributed by atoms with Crippen molar-refractivity contribution in [3.8, 4) is 0 Å². The maximum Gasteiger partial charge on any atom is 0.0597 e. The second kappa shape index (κ2) is 5.72. The van der Waals surface area contributed by atoms with Gasteiger partial charge >= 0.3 is 0 Å². The van der Waals surface area contributed by atoms with Gasteiger partial charge in [0.2, 0.25) is 0 Å². The van der Waals surface area contributed by atoms with E-state index in [-0.39, 0.29) is 12.1 Å². The van der Waals surface area contributed by atoms with Crippen molar-refractivity contribution < 1.29 is 4.74 Å². The minimum atomic E-state index is 0.168. The maximum atomic E-state index is 6.40. The van der Waals surface area contributed by atoms with Crippen LogP contribution in [0, 0.1) is 11.8 Å². The molecule has 1 aromatic carbocycles. The zero-order valence-corrected chi connectivity index (χ0v) is 12.9. The summed E-state index contributed by atoms with van der Waals surface area (Å²) in [5.41, 5.74) is 7.70. The SMILES string of the molecule is CC1OC(C)C(C(N)Cc2ccc(Br)cc2)C1C. The fraction of sp³-hybridized carbons (Fsp3) is 0.600. The Balaban J connectivity index is 2.03. The smallest absolute Gasteiger partial charge is 0.0597 e. The monoisotopic (exact) mass is 311 g/mol. The van der Waals surface area contributed by atoms with E-state index in [2.05, 4.69) is 61.0 Å². The minimum absolute atomic E-state index is 0.168. The number of ether oxygens (including phenoxy) is 1. The van der Waals surface area contributed by atoms with Gasteiger partial charge in [-0.3, -0.25) is 0 Å². The van der Waals surface area contributed by atoms with Gasteiger partial charge in [0, 0.05) is 16.4 Å². The fourth-order valence-electron chi connectivity index (χ4n) is 3.06. The topological polar surface area (TPSA) is 35.2 Å². The Morgan fingerprint density at radius 3 is 2.28 bits per heavy atom. The Labute approximate surface area is 118 Å². The van der Waals surface area contributed by atoms with Crippen molar-refractivity contribution in [1.82, 2.24) is 0 Å². The van der Waals surface area contributed by atoms with Crippen LogP contribution in [-0.2, 0) is 11.2 Å². The Morgan fingerprint density at radius 2 is 1.78 bits per heavy atom. The lowest BCUT2D eigenvalue weighted by atomic mass is 9.81. The lowest BCUT2D eigenvalue weighted by Gasteiger charge is -2.25. The van der Waals surface area contributed by atoms with E-state index in [0.717, 1.165) is 10.9 Å². The molecular weight excluding hydrogens is 290 g/mol. The van der Waals surface area contributed by atoms with E-state index in [1.807, 2.05) is 0 Å². The van der Waals surface area contributed by atoms with Crippen molar-refractivity contribution in [2.75, 3.05) is 0 Å². The van der Waals surface area contributed by atoms with Gasteiger partial charge in [-0.25, -0.2) is 0 Å². The van der Waals surface area contributed by atoms with Gasteiger partial charge in [0.05, 0.1) is 12.2 Å². The Bertz CT molecular complexity index is 392. The average molecular weight is 312 g/mol. The van der Waals surface area contributed by atoms with Gasteiger partial charge in [-0.2, -0.15) is 0 Å². The molecule has 5 unspecified atom stereocenters. The quantitative estimate of drug-likeness (QED) is 0.928. The molecule has 1 heterocycles. The first-order chi connectivity index (χ1) is 8.49. The van der Waals surface area contributed by atoms with Crippen molar-refractivity contribution in [3.05, 3.63) is 34.3 Å². The summed E-state index contributed by atoms with van der Waals surface area (Å²) >= 11 is 3.45. The van der Waals surface area contributed by atoms with Gasteiger partial charge in [0.25, 0.3) is 0 Å². The van der Waals surface area contributed by atoms with Crippen LogP contribution >= 0.6 is 15.9 Å². The molecule has 1 saturated heterocycles. The Kier molecular flexibility index (Phi) is 4.46. The van der Waals surface area contributed by atoms with Crippen LogP contribution < -0.4 is 5.73 Å². The van der Waals surface area contributed by atoms with Gasteiger partial charge < -0.3 is 10.5 Å². The first-order valence-corrected chi connectivity index (χ1v) is 7.44. The zero-order valence-electron chi connectivity index (χ0n) is 11.3. The van der Waals surface area contributed by atoms with E-state index in [1.165, 1.54) is 5.56 Å². The van der Waals surface area contributed by atoms with E-state index in [4.69, 9.17) is 10.5 Å². The second-order valence-electron chi connectivity index (χ2n) is 5.48. The fourth-order valence-corrected chi connectivity index (χ4v) is 3.32. The van der Waals surface area contributed by atoms with Crippen molar-refractivity contribution in [1.29, 1.82) is 0 Å². The number of benzene rings is 1. The third-order valence-corrected chi connectivity index (χ3v) is 4.73. The van der Waals surface area contributed by atoms with Crippen LogP contribution in [0.15, 0.2) is 28.7 Å². The summed E-state index contributed by atoms with van der Waals surface area (Å²) in [6.45, 7) is 6.54. The highest BCUT2D eigenvalue weighted by Gasteiger charge is 2.40. The summed E-state index contributed by atoms with van der Waals surface area (Å²) in [6, 6.07) is 8.59. The highest BCUT2D eigenvalue weighted by atomic mass is 79.9. The normalized spacial score (nSPS) is 33.6. The molecule has 2 rings (SSSR count). The summed E-state index contributed by atoms with van der Waals surface area (Å²) in [7, 11) is 0. The van der Waals surface area contributed by atoms with Crippen LogP contribution in [0.3, 0.4) is 0 Å². The molecule has 1 aliphatic heterocycles. The summed E-state index contributed by atoms with van der Waals surface area (Å²) in [4.78, 5) is 0. The second-order valence-corrected chi connectivity index (χ2v) is 6.39. The summed E-state index contributed by atoms with van der Waals surface area (Å²) in [5.74, 6) is 0.981. The predicted molar refractivity (Wildman–Crippen MR) is 78.5 cm³/mol. The van der Waals surface area contributed by atoms with Crippen LogP contribution in [0.4, 0.5) is 0 Å². The van der Waals surface area contributed by atoms with Gasteiger partial charge in [-0.15, -0.1) is 0 Å². The number of rotatable bonds is 3. The highest BCUT2D eigenvalue weighted by Crippen LogP contribution is 2.34. The largest absolute Gasteiger partial charge is 0.375 e. The molecule has 1 aliphatic rings. The summed E-state index contributed by atoms with van der Waals surface area (Å²) < 4.78 is 6.99. The predicted octanol–water partition coefficient (Wildman–Crippen LogP) is 3.38. The Hall–Kier alpha value is -0.380. The number of hydrogen-bond donors (Lipinski definition) is 1. The molecule has 2 N–H and O–H groups in total. The number of nitrogens with two attached hydrogens (primary N) is 1. The summed E-state index contributed by atoms with van der Waals surface area (Å²) in [6.07, 6.45) is 1.50. The van der Waals surface area contributed by atoms with Crippen LogP contribution in [0.5, 0.6) is 0 Å². The van der Waals surface area contributed by atoms with Crippen molar-refractivity contribution in [2.24, 2.45) is 17.6 Å².